The van der Waals surface area contributed by atoms with Crippen molar-refractivity contribution in [2.45, 2.75) is 44.6 Å². The molecule has 6 nitrogen and oxygen atoms in total. The molecule has 5 rings (SSSR count). The predicted octanol–water partition coefficient (Wildman–Crippen LogP) is 4.04. The zero-order valence-electron chi connectivity index (χ0n) is 17.0. The molecule has 1 aromatic heterocycles. The minimum Gasteiger partial charge on any atom is -0.392 e. The third-order valence-corrected chi connectivity index (χ3v) is 6.24. The van der Waals surface area contributed by atoms with Crippen molar-refractivity contribution in [2.24, 2.45) is 0 Å². The van der Waals surface area contributed by atoms with Crippen molar-refractivity contribution in [3.63, 3.8) is 0 Å². The maximum atomic E-state index is 12.6. The summed E-state index contributed by atoms with van der Waals surface area (Å²) in [5.41, 5.74) is 5.87. The van der Waals surface area contributed by atoms with Gasteiger partial charge in [0.05, 0.1) is 6.61 Å². The van der Waals surface area contributed by atoms with Crippen LogP contribution in [0.15, 0.2) is 47.0 Å². The number of aromatic nitrogens is 2. The molecule has 2 aliphatic rings. The lowest BCUT2D eigenvalue weighted by atomic mass is 9.89. The summed E-state index contributed by atoms with van der Waals surface area (Å²) >= 11 is 0. The number of amides is 1. The molecule has 1 atom stereocenters. The number of rotatable bonds is 5. The second kappa shape index (κ2) is 7.69. The summed E-state index contributed by atoms with van der Waals surface area (Å²) in [7, 11) is 0. The summed E-state index contributed by atoms with van der Waals surface area (Å²) in [5, 5.41) is 13.8. The van der Waals surface area contributed by atoms with Crippen molar-refractivity contribution in [1.29, 1.82) is 0 Å². The van der Waals surface area contributed by atoms with Gasteiger partial charge in [0.2, 0.25) is 5.89 Å². The zero-order valence-corrected chi connectivity index (χ0v) is 17.0. The Hall–Kier alpha value is -2.99. The maximum absolute atomic E-state index is 12.6. The highest BCUT2D eigenvalue weighted by atomic mass is 16.5. The quantitative estimate of drug-likeness (QED) is 0.695. The number of carbonyl (C=O) groups is 1. The topological polar surface area (TPSA) is 79.5 Å². The van der Waals surface area contributed by atoms with Crippen molar-refractivity contribution in [2.75, 3.05) is 13.1 Å². The van der Waals surface area contributed by atoms with E-state index >= 15 is 0 Å². The molecule has 154 valence electrons. The van der Waals surface area contributed by atoms with Gasteiger partial charge in [0.25, 0.3) is 11.7 Å². The molecular weight excluding hydrogens is 378 g/mol. The van der Waals surface area contributed by atoms with Crippen LogP contribution in [-0.4, -0.2) is 39.1 Å². The smallest absolute Gasteiger partial charge is 0.295 e. The van der Waals surface area contributed by atoms with Crippen LogP contribution in [0, 0.1) is 6.92 Å². The Morgan fingerprint density at radius 1 is 1.13 bits per heavy atom. The van der Waals surface area contributed by atoms with E-state index in [1.165, 1.54) is 24.0 Å². The van der Waals surface area contributed by atoms with Gasteiger partial charge in [0.15, 0.2) is 0 Å². The van der Waals surface area contributed by atoms with Crippen molar-refractivity contribution >= 4 is 5.91 Å². The number of aliphatic hydroxyl groups excluding tert-OH is 1. The van der Waals surface area contributed by atoms with Gasteiger partial charge < -0.3 is 14.5 Å². The normalized spacial score (nSPS) is 18.7. The van der Waals surface area contributed by atoms with E-state index in [2.05, 4.69) is 52.6 Å². The molecule has 1 unspecified atom stereocenters. The van der Waals surface area contributed by atoms with Gasteiger partial charge in [-0.1, -0.05) is 41.6 Å². The van der Waals surface area contributed by atoms with E-state index in [0.29, 0.717) is 24.9 Å². The molecule has 0 spiro atoms. The van der Waals surface area contributed by atoms with E-state index in [0.717, 1.165) is 23.1 Å². The van der Waals surface area contributed by atoms with Gasteiger partial charge in [-0.15, -0.1) is 0 Å². The number of carbonyl (C=O) groups excluding carboxylic acids is 1. The predicted molar refractivity (Wildman–Crippen MR) is 112 cm³/mol. The number of nitrogens with zero attached hydrogens (tertiary/aromatic N) is 3. The summed E-state index contributed by atoms with van der Waals surface area (Å²) in [4.78, 5) is 18.5. The van der Waals surface area contributed by atoms with Crippen LogP contribution in [0.5, 0.6) is 0 Å². The molecule has 1 saturated heterocycles. The lowest BCUT2D eigenvalue weighted by Gasteiger charge is -2.18. The first-order valence-corrected chi connectivity index (χ1v) is 10.6. The molecule has 0 bridgehead atoms. The highest BCUT2D eigenvalue weighted by Crippen LogP contribution is 2.44. The largest absolute Gasteiger partial charge is 0.392 e. The van der Waals surface area contributed by atoms with Gasteiger partial charge >= 0.3 is 0 Å². The molecule has 3 aromatic rings. The Morgan fingerprint density at radius 2 is 1.97 bits per heavy atom. The molecule has 1 aliphatic heterocycles. The highest BCUT2D eigenvalue weighted by molar-refractivity contribution is 5.90. The molecule has 30 heavy (non-hydrogen) atoms. The Labute approximate surface area is 175 Å². The molecule has 1 saturated carbocycles. The third-order valence-electron chi connectivity index (χ3n) is 6.24. The van der Waals surface area contributed by atoms with Crippen molar-refractivity contribution in [3.8, 4) is 11.1 Å². The number of hydrogen-bond acceptors (Lipinski definition) is 5. The van der Waals surface area contributed by atoms with Crippen molar-refractivity contribution < 1.29 is 14.4 Å². The molecule has 2 heterocycles. The third kappa shape index (κ3) is 3.52. The Morgan fingerprint density at radius 3 is 2.70 bits per heavy atom. The Kier molecular flexibility index (Phi) is 4.87. The van der Waals surface area contributed by atoms with E-state index in [1.807, 2.05) is 0 Å². The first-order chi connectivity index (χ1) is 14.6. The van der Waals surface area contributed by atoms with Gasteiger partial charge in [0.1, 0.15) is 0 Å². The van der Waals surface area contributed by atoms with Gasteiger partial charge in [-0.05, 0) is 59.1 Å². The summed E-state index contributed by atoms with van der Waals surface area (Å²) in [6.45, 7) is 2.90. The molecule has 0 radical (unpaired) electrons. The summed E-state index contributed by atoms with van der Waals surface area (Å²) < 4.78 is 4.94. The fraction of sp³-hybridized carbons (Fsp3) is 0.375. The monoisotopic (exact) mass is 403 g/mol. The molecule has 2 aromatic carbocycles. The van der Waals surface area contributed by atoms with Crippen LogP contribution in [-0.2, 0) is 6.61 Å². The highest BCUT2D eigenvalue weighted by Gasteiger charge is 2.31. The van der Waals surface area contributed by atoms with E-state index in [1.54, 1.807) is 11.8 Å². The minimum absolute atomic E-state index is 0.0107. The number of benzene rings is 2. The van der Waals surface area contributed by atoms with Gasteiger partial charge in [-0.3, -0.25) is 4.79 Å². The number of likely N-dealkylation sites (tertiary alicyclic amines) is 1. The molecule has 1 amide bonds. The van der Waals surface area contributed by atoms with Gasteiger partial charge in [-0.2, -0.15) is 4.98 Å². The average molecular weight is 403 g/mol. The van der Waals surface area contributed by atoms with Crippen LogP contribution in [0.3, 0.4) is 0 Å². The first-order valence-electron chi connectivity index (χ1n) is 10.6. The van der Waals surface area contributed by atoms with Gasteiger partial charge in [0, 0.05) is 25.9 Å². The molecule has 6 heteroatoms. The van der Waals surface area contributed by atoms with E-state index in [-0.39, 0.29) is 24.3 Å². The van der Waals surface area contributed by atoms with Crippen molar-refractivity contribution in [3.05, 3.63) is 70.9 Å². The van der Waals surface area contributed by atoms with Crippen LogP contribution in [0.1, 0.15) is 64.3 Å². The fourth-order valence-corrected chi connectivity index (χ4v) is 4.54. The lowest BCUT2D eigenvalue weighted by Crippen LogP contribution is -2.29. The van der Waals surface area contributed by atoms with E-state index < -0.39 is 0 Å². The average Bonchev–Trinajstić information content (AvgIpc) is 3.35. The minimum atomic E-state index is -0.199. The number of aryl methyl sites for hydroxylation is 1. The van der Waals surface area contributed by atoms with Gasteiger partial charge in [-0.25, -0.2) is 0 Å². The van der Waals surface area contributed by atoms with Crippen LogP contribution in [0.4, 0.5) is 0 Å². The molecule has 2 fully saturated rings. The standard InChI is InChI=1S/C24H25N3O3/c1-15-25-23(26-30-15)24(29)27-11-10-18(13-27)20-9-8-17(12-19(20)14-28)22-5-3-2-4-21(22)16-6-7-16/h2-5,8-9,12,16,18,28H,6-7,10-11,13-14H2,1H3. The molecular formula is C24H25N3O3. The second-order valence-corrected chi connectivity index (χ2v) is 8.31. The van der Waals surface area contributed by atoms with E-state index in [9.17, 15) is 9.90 Å². The summed E-state index contributed by atoms with van der Waals surface area (Å²) in [6.07, 6.45) is 3.37. The summed E-state index contributed by atoms with van der Waals surface area (Å²) in [6, 6.07) is 15.0. The SMILES string of the molecule is Cc1nc(C(=O)N2CCC(c3ccc(-c4ccccc4C4CC4)cc3CO)C2)no1. The maximum Gasteiger partial charge on any atom is 0.295 e. The van der Waals surface area contributed by atoms with Crippen LogP contribution < -0.4 is 0 Å². The Bertz CT molecular complexity index is 1090. The number of hydrogen-bond donors (Lipinski definition) is 1. The second-order valence-electron chi connectivity index (χ2n) is 8.31. The summed E-state index contributed by atoms with van der Waals surface area (Å²) in [5.74, 6) is 1.16. The van der Waals surface area contributed by atoms with Crippen LogP contribution in [0.2, 0.25) is 0 Å². The molecule has 1 N–H and O–H groups in total. The van der Waals surface area contributed by atoms with Crippen LogP contribution in [0.25, 0.3) is 11.1 Å². The zero-order chi connectivity index (χ0) is 20.7. The van der Waals surface area contributed by atoms with E-state index in [4.69, 9.17) is 4.52 Å². The van der Waals surface area contributed by atoms with Crippen molar-refractivity contribution in [1.82, 2.24) is 15.0 Å². The fourth-order valence-electron chi connectivity index (χ4n) is 4.54. The lowest BCUT2D eigenvalue weighted by molar-refractivity contribution is 0.0775. The number of aliphatic hydroxyl groups is 1. The first kappa shape index (κ1) is 19.0. The Balaban J connectivity index is 1.39. The van der Waals surface area contributed by atoms with Crippen LogP contribution >= 0.6 is 0 Å². The molecule has 1 aliphatic carbocycles.